The van der Waals surface area contributed by atoms with Gasteiger partial charge in [0.2, 0.25) is 0 Å². The van der Waals surface area contributed by atoms with Crippen LogP contribution >= 0.6 is 20.2 Å². The van der Waals surface area contributed by atoms with Crippen molar-refractivity contribution < 1.29 is 19.0 Å². The van der Waals surface area contributed by atoms with E-state index in [1.165, 1.54) is 32.1 Å². The zero-order valence-corrected chi connectivity index (χ0v) is 21.3. The molecule has 6 heteroatoms. The maximum absolute atomic E-state index is 13.1. The smallest absolute Gasteiger partial charge is 0.190 e. The van der Waals surface area contributed by atoms with Crippen molar-refractivity contribution in [2.75, 3.05) is 20.3 Å². The van der Waals surface area contributed by atoms with Crippen molar-refractivity contribution in [3.8, 4) is 17.2 Å². The Bertz CT molecular complexity index is 841. The Labute approximate surface area is 199 Å². The second kappa shape index (κ2) is 15.1. The lowest BCUT2D eigenvalue weighted by Crippen LogP contribution is -2.10. The van der Waals surface area contributed by atoms with Crippen molar-refractivity contribution in [1.82, 2.24) is 0 Å². The summed E-state index contributed by atoms with van der Waals surface area (Å²) in [6.07, 6.45) is 9.15. The molecule has 32 heavy (non-hydrogen) atoms. The van der Waals surface area contributed by atoms with Gasteiger partial charge in [-0.25, -0.2) is 0 Å². The summed E-state index contributed by atoms with van der Waals surface area (Å²) in [5, 5.41) is 1.25. The third-order valence-electron chi connectivity index (χ3n) is 5.15. The van der Waals surface area contributed by atoms with Crippen molar-refractivity contribution in [3.05, 3.63) is 47.0 Å². The lowest BCUT2D eigenvalue weighted by atomic mass is 10.2. The Morgan fingerprint density at radius 2 is 1.56 bits per heavy atom. The summed E-state index contributed by atoms with van der Waals surface area (Å²) in [5.74, 6) is 1.98. The fourth-order valence-electron chi connectivity index (χ4n) is 3.32. The highest BCUT2D eigenvalue weighted by Gasteiger charge is 2.19. The van der Waals surface area contributed by atoms with Crippen LogP contribution in [-0.2, 0) is 0 Å². The molecule has 0 saturated carbocycles. The lowest BCUT2D eigenvalue weighted by molar-refractivity contribution is 0.108. The predicted octanol–water partition coefficient (Wildman–Crippen LogP) is 7.41. The summed E-state index contributed by atoms with van der Waals surface area (Å²) in [7, 11) is 1.42. The molecule has 2 aromatic rings. The first-order valence-electron chi connectivity index (χ1n) is 11.6. The van der Waals surface area contributed by atoms with E-state index in [-0.39, 0.29) is 14.1 Å². The second-order valence-electron chi connectivity index (χ2n) is 7.75. The van der Waals surface area contributed by atoms with Crippen molar-refractivity contribution in [3.63, 3.8) is 0 Å². The number of ether oxygens (including phenoxy) is 3. The highest BCUT2D eigenvalue weighted by Crippen LogP contribution is 2.34. The van der Waals surface area contributed by atoms with Crippen LogP contribution in [0.25, 0.3) is 0 Å². The van der Waals surface area contributed by atoms with Crippen LogP contribution in [0.5, 0.6) is 17.2 Å². The summed E-state index contributed by atoms with van der Waals surface area (Å²) in [5.41, 5.74) is 0.344. The highest BCUT2D eigenvalue weighted by molar-refractivity contribution is 7.66. The molecule has 0 heterocycles. The fraction of sp³-hybridized carbons (Fsp3) is 0.500. The standard InChI is InChI=1S/C26H36ClO4P/c1-4-6-8-10-17-30-20-15-16-24(23(19-20)31-18-11-9-7-5-2)32-26(28)25-21(27)13-12-14-22(25)29-3/h12-16,19,32H,4-11,17-18H2,1-3H3. The van der Waals surface area contributed by atoms with Gasteiger partial charge in [0.05, 0.1) is 30.9 Å². The summed E-state index contributed by atoms with van der Waals surface area (Å²) < 4.78 is 17.4. The van der Waals surface area contributed by atoms with E-state index < -0.39 is 0 Å². The highest BCUT2D eigenvalue weighted by atomic mass is 35.5. The first kappa shape index (κ1) is 26.5. The van der Waals surface area contributed by atoms with Crippen LogP contribution in [0.4, 0.5) is 0 Å². The molecule has 1 unspecified atom stereocenters. The number of carbonyl (C=O) groups is 1. The van der Waals surface area contributed by atoms with Crippen LogP contribution in [0.3, 0.4) is 0 Å². The van der Waals surface area contributed by atoms with Gasteiger partial charge in [-0.15, -0.1) is 0 Å². The van der Waals surface area contributed by atoms with Gasteiger partial charge in [-0.1, -0.05) is 70.0 Å². The minimum absolute atomic E-state index is 0.0727. The van der Waals surface area contributed by atoms with Gasteiger partial charge in [-0.2, -0.15) is 0 Å². The summed E-state index contributed by atoms with van der Waals surface area (Å²) in [6.45, 7) is 5.70. The molecule has 0 amide bonds. The molecular formula is C26H36ClO4P. The minimum Gasteiger partial charge on any atom is -0.496 e. The SMILES string of the molecule is CCCCCCOc1ccc(PC(=O)c2c(Cl)cccc2OC)c(OCCCCCC)c1. The average molecular weight is 479 g/mol. The van der Waals surface area contributed by atoms with Crippen LogP contribution in [-0.4, -0.2) is 25.8 Å². The van der Waals surface area contributed by atoms with Crippen molar-refractivity contribution in [2.24, 2.45) is 0 Å². The van der Waals surface area contributed by atoms with Gasteiger partial charge in [0.15, 0.2) is 5.52 Å². The van der Waals surface area contributed by atoms with Gasteiger partial charge >= 0.3 is 0 Å². The quantitative estimate of drug-likeness (QED) is 0.186. The Kier molecular flexibility index (Phi) is 12.5. The normalized spacial score (nSPS) is 11.1. The number of hydrogen-bond acceptors (Lipinski definition) is 4. The second-order valence-corrected chi connectivity index (χ2v) is 9.40. The van der Waals surface area contributed by atoms with E-state index in [1.807, 2.05) is 18.2 Å². The van der Waals surface area contributed by atoms with E-state index >= 15 is 0 Å². The van der Waals surface area contributed by atoms with Crippen LogP contribution in [0.2, 0.25) is 5.02 Å². The Balaban J connectivity index is 2.13. The molecule has 0 spiro atoms. The molecule has 0 radical (unpaired) electrons. The average Bonchev–Trinajstić information content (AvgIpc) is 2.79. The number of rotatable bonds is 16. The molecule has 0 aliphatic rings. The van der Waals surface area contributed by atoms with Crippen LogP contribution < -0.4 is 19.5 Å². The van der Waals surface area contributed by atoms with Gasteiger partial charge in [0.1, 0.15) is 17.2 Å². The molecule has 0 fully saturated rings. The van der Waals surface area contributed by atoms with E-state index in [4.69, 9.17) is 25.8 Å². The van der Waals surface area contributed by atoms with E-state index in [0.717, 1.165) is 30.3 Å². The first-order valence-corrected chi connectivity index (χ1v) is 13.0. The molecule has 0 saturated heterocycles. The Morgan fingerprint density at radius 3 is 2.22 bits per heavy atom. The maximum atomic E-state index is 13.1. The van der Waals surface area contributed by atoms with Gasteiger partial charge in [0, 0.05) is 11.4 Å². The summed E-state index contributed by atoms with van der Waals surface area (Å²) in [4.78, 5) is 13.1. The topological polar surface area (TPSA) is 44.8 Å². The van der Waals surface area contributed by atoms with Crippen molar-refractivity contribution in [1.29, 1.82) is 0 Å². The van der Waals surface area contributed by atoms with Gasteiger partial charge < -0.3 is 14.2 Å². The van der Waals surface area contributed by atoms with Crippen LogP contribution in [0, 0.1) is 0 Å². The number of methoxy groups -OCH3 is 1. The lowest BCUT2D eigenvalue weighted by Gasteiger charge is -2.15. The molecule has 176 valence electrons. The van der Waals surface area contributed by atoms with Crippen molar-refractivity contribution in [2.45, 2.75) is 65.2 Å². The zero-order chi connectivity index (χ0) is 23.2. The molecule has 0 aliphatic carbocycles. The van der Waals surface area contributed by atoms with Gasteiger partial charge in [-0.3, -0.25) is 4.79 Å². The molecule has 0 aliphatic heterocycles. The van der Waals surface area contributed by atoms with Crippen LogP contribution in [0.15, 0.2) is 36.4 Å². The summed E-state index contributed by atoms with van der Waals surface area (Å²) >= 11 is 6.31. The number of carbonyl (C=O) groups excluding carboxylic acids is 1. The molecule has 4 nitrogen and oxygen atoms in total. The number of unbranched alkanes of at least 4 members (excludes halogenated alkanes) is 6. The molecular weight excluding hydrogens is 443 g/mol. The predicted molar refractivity (Wildman–Crippen MR) is 136 cm³/mol. The molecule has 0 aromatic heterocycles. The largest absolute Gasteiger partial charge is 0.496 e. The third-order valence-corrected chi connectivity index (χ3v) is 6.62. The zero-order valence-electron chi connectivity index (χ0n) is 19.5. The third kappa shape index (κ3) is 8.64. The Hall–Kier alpha value is -1.77. The van der Waals surface area contributed by atoms with E-state index in [2.05, 4.69) is 13.8 Å². The number of benzene rings is 2. The summed E-state index contributed by atoms with van der Waals surface area (Å²) in [6, 6.07) is 11.0. The van der Waals surface area contributed by atoms with Crippen LogP contribution in [0.1, 0.15) is 75.6 Å². The van der Waals surface area contributed by atoms with E-state index in [9.17, 15) is 4.79 Å². The number of halogens is 1. The molecule has 2 rings (SSSR count). The van der Waals surface area contributed by atoms with Crippen molar-refractivity contribution >= 4 is 31.0 Å². The molecule has 0 bridgehead atoms. The molecule has 0 N–H and O–H groups in total. The Morgan fingerprint density at radius 1 is 0.875 bits per heavy atom. The van der Waals surface area contributed by atoms with E-state index in [1.54, 1.807) is 25.3 Å². The maximum Gasteiger partial charge on any atom is 0.190 e. The number of hydrogen-bond donors (Lipinski definition) is 0. The molecule has 1 atom stereocenters. The minimum atomic E-state index is -0.123. The fourth-order valence-corrected chi connectivity index (χ4v) is 4.72. The molecule has 2 aromatic carbocycles. The van der Waals surface area contributed by atoms with Gasteiger partial charge in [-0.05, 0) is 45.7 Å². The van der Waals surface area contributed by atoms with E-state index in [0.29, 0.717) is 35.3 Å². The monoisotopic (exact) mass is 478 g/mol. The first-order chi connectivity index (χ1) is 15.6. The van der Waals surface area contributed by atoms with Gasteiger partial charge in [0.25, 0.3) is 0 Å².